The molecular weight excluding hydrogens is 160 g/mol. The summed E-state index contributed by atoms with van der Waals surface area (Å²) in [4.78, 5) is 0. The molecule has 0 aromatic rings. The van der Waals surface area contributed by atoms with E-state index in [0.717, 1.165) is 0 Å². The van der Waals surface area contributed by atoms with E-state index >= 15 is 0 Å². The molecule has 3 N–H and O–H groups in total. The van der Waals surface area contributed by atoms with Crippen molar-refractivity contribution < 1.29 is 20.1 Å². The number of hydrogen-bond donors (Lipinski definition) is 3. The molecule has 0 amide bonds. The lowest BCUT2D eigenvalue weighted by Gasteiger charge is -2.32. The summed E-state index contributed by atoms with van der Waals surface area (Å²) < 4.78 is 4.90. The van der Waals surface area contributed by atoms with Crippen molar-refractivity contribution in [2.24, 2.45) is 0 Å². The number of hydrogen-bond acceptors (Lipinski definition) is 4. The lowest BCUT2D eigenvalue weighted by atomic mass is 9.90. The molecule has 0 spiro atoms. The van der Waals surface area contributed by atoms with Crippen molar-refractivity contribution in [3.8, 4) is 0 Å². The van der Waals surface area contributed by atoms with Crippen LogP contribution in [-0.4, -0.2) is 46.8 Å². The van der Waals surface area contributed by atoms with Crippen molar-refractivity contribution in [1.29, 1.82) is 0 Å². The lowest BCUT2D eigenvalue weighted by molar-refractivity contribution is -0.102. The lowest BCUT2D eigenvalue weighted by Crippen LogP contribution is -2.48. The summed E-state index contributed by atoms with van der Waals surface area (Å²) in [6, 6.07) is 0. The van der Waals surface area contributed by atoms with Crippen molar-refractivity contribution >= 4 is 0 Å². The van der Waals surface area contributed by atoms with Gasteiger partial charge in [0.15, 0.2) is 0 Å². The van der Waals surface area contributed by atoms with Gasteiger partial charge in [-0.25, -0.2) is 0 Å². The normalized spacial score (nSPS) is 42.6. The molecule has 0 aromatic carbocycles. The van der Waals surface area contributed by atoms with Crippen LogP contribution in [0.2, 0.25) is 0 Å². The monoisotopic (exact) mass is 174 g/mol. The van der Waals surface area contributed by atoms with Crippen LogP contribution in [0, 0.1) is 0 Å². The molecule has 0 saturated heterocycles. The van der Waals surface area contributed by atoms with E-state index in [4.69, 9.17) is 4.74 Å². The van der Waals surface area contributed by atoms with E-state index in [2.05, 4.69) is 0 Å². The van der Waals surface area contributed by atoms with E-state index in [1.807, 2.05) is 0 Å². The second-order valence-corrected chi connectivity index (χ2v) is 3.04. The Hall–Kier alpha value is -0.420. The van der Waals surface area contributed by atoms with Crippen LogP contribution in [0.25, 0.3) is 0 Å². The predicted molar refractivity (Wildman–Crippen MR) is 42.6 cm³/mol. The first-order chi connectivity index (χ1) is 5.57. The van der Waals surface area contributed by atoms with E-state index in [9.17, 15) is 15.3 Å². The third-order valence-corrected chi connectivity index (χ3v) is 2.18. The van der Waals surface area contributed by atoms with Crippen molar-refractivity contribution in [1.82, 2.24) is 0 Å². The fraction of sp³-hybridized carbons (Fsp3) is 0.750. The molecule has 0 radical (unpaired) electrons. The van der Waals surface area contributed by atoms with E-state index in [1.54, 1.807) is 13.0 Å². The van der Waals surface area contributed by atoms with Crippen LogP contribution >= 0.6 is 0 Å². The smallest absolute Gasteiger partial charge is 0.112 e. The summed E-state index contributed by atoms with van der Waals surface area (Å²) in [7, 11) is 1.45. The maximum Gasteiger partial charge on any atom is 0.112 e. The Kier molecular flexibility index (Phi) is 2.85. The van der Waals surface area contributed by atoms with Crippen LogP contribution in [0.3, 0.4) is 0 Å². The summed E-state index contributed by atoms with van der Waals surface area (Å²) in [6.07, 6.45) is -2.09. The number of rotatable bonds is 1. The zero-order chi connectivity index (χ0) is 9.30. The molecule has 0 saturated carbocycles. The van der Waals surface area contributed by atoms with Crippen LogP contribution in [0.5, 0.6) is 0 Å². The SMILES string of the molecule is CO[C@@H]1C=C(C)[C@@H](O)[C@H](O)[C@H]1O. The van der Waals surface area contributed by atoms with Gasteiger partial charge in [0, 0.05) is 7.11 Å². The molecule has 4 heteroatoms. The van der Waals surface area contributed by atoms with Gasteiger partial charge in [-0.1, -0.05) is 6.08 Å². The van der Waals surface area contributed by atoms with Crippen LogP contribution in [0.15, 0.2) is 11.6 Å². The second kappa shape index (κ2) is 3.53. The summed E-state index contributed by atoms with van der Waals surface area (Å²) in [5.41, 5.74) is 0.625. The highest BCUT2D eigenvalue weighted by atomic mass is 16.5. The molecule has 0 unspecified atom stereocenters. The van der Waals surface area contributed by atoms with Crippen LogP contribution in [0.1, 0.15) is 6.92 Å². The highest BCUT2D eigenvalue weighted by Gasteiger charge is 2.35. The topological polar surface area (TPSA) is 69.9 Å². The number of aliphatic hydroxyl groups is 3. The molecular formula is C8H14O4. The molecule has 12 heavy (non-hydrogen) atoms. The van der Waals surface area contributed by atoms with Gasteiger partial charge in [0.2, 0.25) is 0 Å². The second-order valence-electron chi connectivity index (χ2n) is 3.04. The summed E-state index contributed by atoms with van der Waals surface area (Å²) in [5.74, 6) is 0. The Labute approximate surface area is 71.1 Å². The van der Waals surface area contributed by atoms with Gasteiger partial charge < -0.3 is 20.1 Å². The first-order valence-corrected chi connectivity index (χ1v) is 3.83. The molecule has 1 aliphatic carbocycles. The molecule has 0 bridgehead atoms. The maximum absolute atomic E-state index is 9.35. The molecule has 0 aromatic heterocycles. The molecule has 1 aliphatic rings. The van der Waals surface area contributed by atoms with Gasteiger partial charge in [0.25, 0.3) is 0 Å². The first-order valence-electron chi connectivity index (χ1n) is 3.83. The molecule has 4 nitrogen and oxygen atoms in total. The maximum atomic E-state index is 9.35. The van der Waals surface area contributed by atoms with Crippen LogP contribution < -0.4 is 0 Å². The van der Waals surface area contributed by atoms with Gasteiger partial charge in [0.05, 0.1) is 0 Å². The van der Waals surface area contributed by atoms with Crippen LogP contribution in [-0.2, 0) is 4.74 Å². The molecule has 0 fully saturated rings. The Bertz CT molecular complexity index is 189. The van der Waals surface area contributed by atoms with E-state index in [1.165, 1.54) is 7.11 Å². The fourth-order valence-electron chi connectivity index (χ4n) is 1.31. The minimum absolute atomic E-state index is 0.525. The van der Waals surface area contributed by atoms with E-state index in [0.29, 0.717) is 5.57 Å². The molecule has 70 valence electrons. The van der Waals surface area contributed by atoms with Crippen molar-refractivity contribution in [2.45, 2.75) is 31.3 Å². The first kappa shape index (κ1) is 9.67. The van der Waals surface area contributed by atoms with Gasteiger partial charge >= 0.3 is 0 Å². The van der Waals surface area contributed by atoms with E-state index < -0.39 is 24.4 Å². The van der Waals surface area contributed by atoms with Gasteiger partial charge in [0.1, 0.15) is 24.4 Å². The van der Waals surface area contributed by atoms with Crippen molar-refractivity contribution in [3.63, 3.8) is 0 Å². The predicted octanol–water partition coefficient (Wildman–Crippen LogP) is -0.956. The number of aliphatic hydroxyl groups excluding tert-OH is 3. The van der Waals surface area contributed by atoms with Gasteiger partial charge in [-0.15, -0.1) is 0 Å². The zero-order valence-corrected chi connectivity index (χ0v) is 7.14. The molecule has 4 atom stereocenters. The Morgan fingerprint density at radius 3 is 2.33 bits per heavy atom. The third kappa shape index (κ3) is 1.51. The average molecular weight is 174 g/mol. The van der Waals surface area contributed by atoms with Crippen molar-refractivity contribution in [2.75, 3.05) is 7.11 Å². The zero-order valence-electron chi connectivity index (χ0n) is 7.14. The minimum atomic E-state index is -1.15. The Balaban J connectivity index is 2.83. The summed E-state index contributed by atoms with van der Waals surface area (Å²) in [5, 5.41) is 27.9. The Morgan fingerprint density at radius 2 is 1.83 bits per heavy atom. The summed E-state index contributed by atoms with van der Waals surface area (Å²) >= 11 is 0. The van der Waals surface area contributed by atoms with Crippen molar-refractivity contribution in [3.05, 3.63) is 11.6 Å². The van der Waals surface area contributed by atoms with Crippen LogP contribution in [0.4, 0.5) is 0 Å². The number of methoxy groups -OCH3 is 1. The quantitative estimate of drug-likeness (QED) is 0.448. The highest BCUT2D eigenvalue weighted by Crippen LogP contribution is 2.21. The largest absolute Gasteiger partial charge is 0.387 e. The number of ether oxygens (including phenoxy) is 1. The molecule has 0 heterocycles. The summed E-state index contributed by atoms with van der Waals surface area (Å²) in [6.45, 7) is 1.69. The van der Waals surface area contributed by atoms with E-state index in [-0.39, 0.29) is 0 Å². The van der Waals surface area contributed by atoms with Gasteiger partial charge in [-0.2, -0.15) is 0 Å². The Morgan fingerprint density at radius 1 is 1.25 bits per heavy atom. The average Bonchev–Trinajstić information content (AvgIpc) is 2.08. The molecule has 1 rings (SSSR count). The molecule has 0 aliphatic heterocycles. The third-order valence-electron chi connectivity index (χ3n) is 2.18. The van der Waals surface area contributed by atoms with Gasteiger partial charge in [-0.05, 0) is 12.5 Å². The fourth-order valence-corrected chi connectivity index (χ4v) is 1.31. The standard InChI is InChI=1S/C8H14O4/c1-4-3-5(12-2)7(10)8(11)6(4)9/h3,5-11H,1-2H3/t5-,6-,7+,8+/m1/s1. The minimum Gasteiger partial charge on any atom is -0.387 e. The van der Waals surface area contributed by atoms with Gasteiger partial charge in [-0.3, -0.25) is 0 Å². The highest BCUT2D eigenvalue weighted by molar-refractivity contribution is 5.17.